The number of unbranched alkanes of at least 4 members (excludes halogenated alkanes) is 10. The number of methoxy groups -OCH3 is 1. The third-order valence-corrected chi connectivity index (χ3v) is 9.14. The van der Waals surface area contributed by atoms with Crippen molar-refractivity contribution in [3.63, 3.8) is 0 Å². The number of nitrogens with zero attached hydrogens (tertiary/aromatic N) is 1. The number of hydrazone groups is 1. The van der Waals surface area contributed by atoms with Gasteiger partial charge >= 0.3 is 5.97 Å². The highest BCUT2D eigenvalue weighted by atomic mass is 32.2. The van der Waals surface area contributed by atoms with Crippen LogP contribution in [0.1, 0.15) is 118 Å². The molecule has 0 bridgehead atoms. The van der Waals surface area contributed by atoms with E-state index in [2.05, 4.69) is 23.8 Å². The highest BCUT2D eigenvalue weighted by molar-refractivity contribution is 7.89. The number of carbonyl (C=O) groups excluding carboxylic acids is 1. The van der Waals surface area contributed by atoms with Crippen LogP contribution in [0, 0.1) is 6.92 Å². The quantitative estimate of drug-likeness (QED) is 0.0498. The minimum atomic E-state index is -3.95. The van der Waals surface area contributed by atoms with Crippen molar-refractivity contribution in [3.05, 3.63) is 89.0 Å². The number of rotatable bonds is 22. The van der Waals surface area contributed by atoms with Crippen LogP contribution in [0.3, 0.4) is 0 Å². The Morgan fingerprint density at radius 3 is 1.74 bits per heavy atom. The van der Waals surface area contributed by atoms with Crippen LogP contribution in [0.25, 0.3) is 0 Å². The number of hydrogen-bond donors (Lipinski definition) is 1. The fourth-order valence-electron chi connectivity index (χ4n) is 5.07. The molecule has 0 fully saturated rings. The summed E-state index contributed by atoms with van der Waals surface area (Å²) in [7, 11) is -2.63. The SMILES string of the molecule is CCCCCCCCOc1ccc(C(=NNS(=O)(=O)c2ccc(C)cc2)c2ccc(C(=O)OC)cc2)cc1OCCCCCCCC. The van der Waals surface area contributed by atoms with E-state index < -0.39 is 16.0 Å². The summed E-state index contributed by atoms with van der Waals surface area (Å²) in [6, 6.07) is 18.8. The molecule has 0 spiro atoms. The van der Waals surface area contributed by atoms with Crippen molar-refractivity contribution < 1.29 is 27.4 Å². The first-order valence-corrected chi connectivity index (χ1v) is 18.5. The van der Waals surface area contributed by atoms with Crippen LogP contribution in [0.4, 0.5) is 0 Å². The van der Waals surface area contributed by atoms with Gasteiger partial charge in [0.25, 0.3) is 10.0 Å². The lowest BCUT2D eigenvalue weighted by atomic mass is 10.0. The molecule has 0 aromatic heterocycles. The third-order valence-electron chi connectivity index (χ3n) is 7.92. The minimum absolute atomic E-state index is 0.105. The summed E-state index contributed by atoms with van der Waals surface area (Å²) < 4.78 is 43.7. The maximum absolute atomic E-state index is 13.2. The first-order valence-electron chi connectivity index (χ1n) is 17.0. The summed E-state index contributed by atoms with van der Waals surface area (Å²) in [5.74, 6) is 0.767. The normalized spacial score (nSPS) is 11.7. The molecule has 0 aliphatic carbocycles. The highest BCUT2D eigenvalue weighted by Crippen LogP contribution is 2.31. The Labute approximate surface area is 282 Å². The average Bonchev–Trinajstić information content (AvgIpc) is 3.08. The zero-order valence-corrected chi connectivity index (χ0v) is 29.4. The summed E-state index contributed by atoms with van der Waals surface area (Å²) >= 11 is 0. The Morgan fingerprint density at radius 1 is 0.660 bits per heavy atom. The van der Waals surface area contributed by atoms with Gasteiger partial charge in [0.15, 0.2) is 11.5 Å². The predicted molar refractivity (Wildman–Crippen MR) is 189 cm³/mol. The zero-order chi connectivity index (χ0) is 33.9. The smallest absolute Gasteiger partial charge is 0.337 e. The van der Waals surface area contributed by atoms with Crippen LogP contribution >= 0.6 is 0 Å². The predicted octanol–water partition coefficient (Wildman–Crippen LogP) is 8.99. The fourth-order valence-corrected chi connectivity index (χ4v) is 5.88. The largest absolute Gasteiger partial charge is 0.490 e. The molecule has 0 atom stereocenters. The van der Waals surface area contributed by atoms with Crippen LogP contribution < -0.4 is 14.3 Å². The molecule has 0 aliphatic rings. The van der Waals surface area contributed by atoms with Gasteiger partial charge in [-0.25, -0.2) is 4.79 Å². The number of nitrogens with one attached hydrogen (secondary N) is 1. The Bertz CT molecular complexity index is 1500. The van der Waals surface area contributed by atoms with Gasteiger partial charge in [-0.05, 0) is 62.2 Å². The lowest BCUT2D eigenvalue weighted by Crippen LogP contribution is -2.21. The molecule has 0 saturated carbocycles. The van der Waals surface area contributed by atoms with Crippen molar-refractivity contribution >= 4 is 21.7 Å². The minimum Gasteiger partial charge on any atom is -0.490 e. The van der Waals surface area contributed by atoms with Crippen LogP contribution in [0.15, 0.2) is 76.7 Å². The maximum Gasteiger partial charge on any atom is 0.337 e. The number of esters is 1. The second-order valence-electron chi connectivity index (χ2n) is 11.8. The van der Waals surface area contributed by atoms with E-state index in [9.17, 15) is 13.2 Å². The Kier molecular flexibility index (Phi) is 16.3. The van der Waals surface area contributed by atoms with Gasteiger partial charge in [0, 0.05) is 11.1 Å². The molecule has 0 saturated heterocycles. The Morgan fingerprint density at radius 2 is 1.17 bits per heavy atom. The lowest BCUT2D eigenvalue weighted by molar-refractivity contribution is 0.0600. The molecule has 3 aromatic carbocycles. The third kappa shape index (κ3) is 12.7. The lowest BCUT2D eigenvalue weighted by Gasteiger charge is -2.16. The Hall–Kier alpha value is -3.85. The van der Waals surface area contributed by atoms with Gasteiger partial charge in [-0.15, -0.1) is 0 Å². The molecule has 47 heavy (non-hydrogen) atoms. The van der Waals surface area contributed by atoms with Gasteiger partial charge in [-0.3, -0.25) is 0 Å². The molecule has 3 aromatic rings. The fraction of sp³-hybridized carbons (Fsp3) is 0.474. The van der Waals surface area contributed by atoms with Crippen LogP contribution in [-0.4, -0.2) is 40.4 Å². The van der Waals surface area contributed by atoms with E-state index in [1.54, 1.807) is 48.5 Å². The number of aryl methyl sites for hydroxylation is 1. The monoisotopic (exact) mass is 664 g/mol. The molecule has 9 heteroatoms. The van der Waals surface area contributed by atoms with Crippen LogP contribution in [0.5, 0.6) is 11.5 Å². The molecule has 1 N–H and O–H groups in total. The molecule has 0 heterocycles. The zero-order valence-electron chi connectivity index (χ0n) is 28.6. The number of ether oxygens (including phenoxy) is 3. The van der Waals surface area contributed by atoms with E-state index in [0.29, 0.717) is 47.1 Å². The van der Waals surface area contributed by atoms with Crippen molar-refractivity contribution in [2.75, 3.05) is 20.3 Å². The van der Waals surface area contributed by atoms with Gasteiger partial charge in [-0.1, -0.05) is 108 Å². The first kappa shape index (κ1) is 37.6. The van der Waals surface area contributed by atoms with Gasteiger partial charge in [0.2, 0.25) is 0 Å². The molecular formula is C38H52N2O6S. The van der Waals surface area contributed by atoms with E-state index in [4.69, 9.17) is 14.2 Å². The first-order chi connectivity index (χ1) is 22.8. The molecule has 8 nitrogen and oxygen atoms in total. The molecule has 3 rings (SSSR count). The number of sulfonamides is 1. The standard InChI is InChI=1S/C38H52N2O6S/c1-5-7-9-11-13-15-27-45-35-26-23-33(29-36(35)46-28-16-14-12-10-8-6-2)37(31-19-21-32(22-20-31)38(41)44-4)39-40-47(42,43)34-24-17-30(3)18-25-34/h17-26,29,40H,5-16,27-28H2,1-4H3. The van der Waals surface area contributed by atoms with Crippen molar-refractivity contribution in [1.82, 2.24) is 4.83 Å². The van der Waals surface area contributed by atoms with Gasteiger partial charge in [0.1, 0.15) is 0 Å². The van der Waals surface area contributed by atoms with E-state index in [0.717, 1.165) is 31.2 Å². The average molecular weight is 665 g/mol. The maximum atomic E-state index is 13.2. The van der Waals surface area contributed by atoms with Crippen molar-refractivity contribution in [2.24, 2.45) is 5.10 Å². The summed E-state index contributed by atoms with van der Waals surface area (Å²) in [4.78, 5) is 14.6. The van der Waals surface area contributed by atoms with E-state index in [1.165, 1.54) is 58.5 Å². The molecule has 256 valence electrons. The summed E-state index contributed by atoms with van der Waals surface area (Å²) in [6.45, 7) is 7.45. The number of carbonyl (C=O) groups is 1. The second kappa shape index (κ2) is 20.4. The molecule has 0 amide bonds. The summed E-state index contributed by atoms with van der Waals surface area (Å²) in [6.07, 6.45) is 13.9. The van der Waals surface area contributed by atoms with Crippen LogP contribution in [0.2, 0.25) is 0 Å². The van der Waals surface area contributed by atoms with Gasteiger partial charge in [0.05, 0.1) is 36.5 Å². The van der Waals surface area contributed by atoms with Gasteiger partial charge in [-0.2, -0.15) is 18.4 Å². The molecular weight excluding hydrogens is 612 g/mol. The topological polar surface area (TPSA) is 103 Å². The number of benzene rings is 3. The van der Waals surface area contributed by atoms with Crippen LogP contribution in [-0.2, 0) is 14.8 Å². The summed E-state index contributed by atoms with van der Waals surface area (Å²) in [5.41, 5.74) is 2.92. The second-order valence-corrected chi connectivity index (χ2v) is 13.5. The highest BCUT2D eigenvalue weighted by Gasteiger charge is 2.17. The van der Waals surface area contributed by atoms with Gasteiger partial charge < -0.3 is 14.2 Å². The number of hydrogen-bond acceptors (Lipinski definition) is 7. The molecule has 0 radical (unpaired) electrons. The Balaban J connectivity index is 1.91. The summed E-state index contributed by atoms with van der Waals surface area (Å²) in [5, 5.41) is 4.42. The molecule has 0 aliphatic heterocycles. The van der Waals surface area contributed by atoms with Crippen molar-refractivity contribution in [3.8, 4) is 11.5 Å². The molecule has 0 unspecified atom stereocenters. The van der Waals surface area contributed by atoms with E-state index >= 15 is 0 Å². The van der Waals surface area contributed by atoms with Crippen molar-refractivity contribution in [1.29, 1.82) is 0 Å². The van der Waals surface area contributed by atoms with E-state index in [1.807, 2.05) is 25.1 Å². The van der Waals surface area contributed by atoms with Crippen molar-refractivity contribution in [2.45, 2.75) is 103 Å². The van der Waals surface area contributed by atoms with E-state index in [-0.39, 0.29) is 4.90 Å².